The Labute approximate surface area is 208 Å². The van der Waals surface area contributed by atoms with Gasteiger partial charge in [-0.25, -0.2) is 4.98 Å². The van der Waals surface area contributed by atoms with Crippen LogP contribution in [0.5, 0.6) is 0 Å². The van der Waals surface area contributed by atoms with Crippen molar-refractivity contribution in [1.29, 1.82) is 0 Å². The molecule has 2 fully saturated rings. The Bertz CT molecular complexity index is 974. The molecule has 0 spiro atoms. The minimum absolute atomic E-state index is 0.0399. The van der Waals surface area contributed by atoms with Gasteiger partial charge in [-0.05, 0) is 67.6 Å². The molecule has 8 heteroatoms. The summed E-state index contributed by atoms with van der Waals surface area (Å²) in [4.78, 5) is 37.9. The number of piperazine rings is 1. The second kappa shape index (κ2) is 11.5. The van der Waals surface area contributed by atoms with Gasteiger partial charge in [-0.1, -0.05) is 6.07 Å². The van der Waals surface area contributed by atoms with Gasteiger partial charge >= 0.3 is 5.97 Å². The average molecular weight is 480 g/mol. The number of amides is 1. The third-order valence-electron chi connectivity index (χ3n) is 7.41. The second-order valence-corrected chi connectivity index (χ2v) is 9.90. The van der Waals surface area contributed by atoms with Crippen LogP contribution in [0.4, 0.5) is 11.5 Å². The summed E-state index contributed by atoms with van der Waals surface area (Å²) in [7, 11) is 3.96. The molecule has 35 heavy (non-hydrogen) atoms. The number of rotatable bonds is 8. The molecular formula is C27H37N5O3. The molecule has 4 rings (SSSR count). The van der Waals surface area contributed by atoms with Gasteiger partial charge in [0.1, 0.15) is 5.82 Å². The Kier molecular flexibility index (Phi) is 8.23. The maximum Gasteiger partial charge on any atom is 0.303 e. The lowest BCUT2D eigenvalue weighted by Gasteiger charge is -2.40. The monoisotopic (exact) mass is 479 g/mol. The van der Waals surface area contributed by atoms with Crippen molar-refractivity contribution in [2.45, 2.75) is 19.3 Å². The maximum absolute atomic E-state index is 13.2. The van der Waals surface area contributed by atoms with Crippen molar-refractivity contribution >= 4 is 23.4 Å². The lowest BCUT2D eigenvalue weighted by atomic mass is 9.81. The van der Waals surface area contributed by atoms with Crippen molar-refractivity contribution in [1.82, 2.24) is 14.8 Å². The summed E-state index contributed by atoms with van der Waals surface area (Å²) in [6, 6.07) is 13.7. The number of pyridine rings is 1. The summed E-state index contributed by atoms with van der Waals surface area (Å²) in [5.74, 6) is 0.621. The Morgan fingerprint density at radius 2 is 1.74 bits per heavy atom. The number of carboxylic acids is 1. The number of likely N-dealkylation sites (tertiary alicyclic amines) is 1. The van der Waals surface area contributed by atoms with Crippen molar-refractivity contribution in [3.05, 3.63) is 54.2 Å². The molecule has 1 N–H and O–H groups in total. The minimum atomic E-state index is -0.747. The molecule has 1 aromatic heterocycles. The van der Waals surface area contributed by atoms with Crippen LogP contribution in [0.25, 0.3) is 0 Å². The van der Waals surface area contributed by atoms with Crippen LogP contribution in [0.2, 0.25) is 0 Å². The van der Waals surface area contributed by atoms with Crippen molar-refractivity contribution in [3.8, 4) is 0 Å². The molecular weight excluding hydrogens is 442 g/mol. The number of hydrogen-bond acceptors (Lipinski definition) is 6. The summed E-state index contributed by atoms with van der Waals surface area (Å²) in [5.41, 5.74) is 1.75. The fourth-order valence-corrected chi connectivity index (χ4v) is 5.26. The van der Waals surface area contributed by atoms with Crippen LogP contribution in [0.1, 0.15) is 29.6 Å². The van der Waals surface area contributed by atoms with E-state index in [-0.39, 0.29) is 24.2 Å². The SMILES string of the molecule is CN(C)c1ccc(C(=O)N2CCC(CC(=O)O)C(CCN3CCN(c4ccccn4)CC3)C2)cc1. The second-order valence-electron chi connectivity index (χ2n) is 9.90. The molecule has 2 aromatic rings. The van der Waals surface area contributed by atoms with Gasteiger partial charge in [0.15, 0.2) is 0 Å². The van der Waals surface area contributed by atoms with Crippen LogP contribution in [0.15, 0.2) is 48.7 Å². The number of hydrogen-bond donors (Lipinski definition) is 1. The lowest BCUT2D eigenvalue weighted by Crippen LogP contribution is -2.49. The van der Waals surface area contributed by atoms with E-state index in [0.29, 0.717) is 18.7 Å². The molecule has 2 aliphatic rings. The molecule has 0 bridgehead atoms. The Hall–Kier alpha value is -3.13. The minimum Gasteiger partial charge on any atom is -0.481 e. The quantitative estimate of drug-likeness (QED) is 0.624. The largest absolute Gasteiger partial charge is 0.481 e. The van der Waals surface area contributed by atoms with Gasteiger partial charge in [0.25, 0.3) is 5.91 Å². The Balaban J connectivity index is 1.34. The highest BCUT2D eigenvalue weighted by atomic mass is 16.4. The molecule has 2 saturated heterocycles. The number of anilines is 2. The normalized spacial score (nSPS) is 21.1. The molecule has 188 valence electrons. The molecule has 3 heterocycles. The Morgan fingerprint density at radius 3 is 2.37 bits per heavy atom. The highest BCUT2D eigenvalue weighted by molar-refractivity contribution is 5.94. The maximum atomic E-state index is 13.2. The number of aliphatic carboxylic acids is 1. The zero-order chi connectivity index (χ0) is 24.8. The van der Waals surface area contributed by atoms with Gasteiger partial charge in [0.2, 0.25) is 0 Å². The number of carboxylic acid groups (broad SMARTS) is 1. The molecule has 2 unspecified atom stereocenters. The first-order valence-corrected chi connectivity index (χ1v) is 12.6. The van der Waals surface area contributed by atoms with E-state index < -0.39 is 5.97 Å². The van der Waals surface area contributed by atoms with Crippen LogP contribution >= 0.6 is 0 Å². The number of piperidine rings is 1. The summed E-state index contributed by atoms with van der Waals surface area (Å²) in [6.07, 6.45) is 3.66. The Morgan fingerprint density at radius 1 is 1.00 bits per heavy atom. The molecule has 2 aliphatic heterocycles. The van der Waals surface area contributed by atoms with Crippen LogP contribution in [0.3, 0.4) is 0 Å². The van der Waals surface area contributed by atoms with E-state index in [2.05, 4.69) is 14.8 Å². The van der Waals surface area contributed by atoms with Crippen LogP contribution < -0.4 is 9.80 Å². The van der Waals surface area contributed by atoms with E-state index in [0.717, 1.165) is 57.1 Å². The van der Waals surface area contributed by atoms with Gasteiger partial charge in [0.05, 0.1) is 0 Å². The van der Waals surface area contributed by atoms with Crippen molar-refractivity contribution in [2.24, 2.45) is 11.8 Å². The van der Waals surface area contributed by atoms with E-state index in [9.17, 15) is 14.7 Å². The molecule has 8 nitrogen and oxygen atoms in total. The van der Waals surface area contributed by atoms with Crippen molar-refractivity contribution in [3.63, 3.8) is 0 Å². The van der Waals surface area contributed by atoms with Gasteiger partial charge < -0.3 is 19.8 Å². The van der Waals surface area contributed by atoms with Crippen LogP contribution in [-0.4, -0.2) is 91.7 Å². The van der Waals surface area contributed by atoms with Crippen molar-refractivity contribution < 1.29 is 14.7 Å². The standard InChI is InChI=1S/C27H37N5O3/c1-29(2)24-8-6-21(7-9-24)27(35)32-14-11-22(19-26(33)34)23(20-32)10-13-30-15-17-31(18-16-30)25-5-3-4-12-28-25/h3-9,12,22-23H,10-11,13-20H2,1-2H3,(H,33,34). The topological polar surface area (TPSA) is 80.2 Å². The summed E-state index contributed by atoms with van der Waals surface area (Å²) in [5, 5.41) is 9.46. The first kappa shape index (κ1) is 25.0. The number of carbonyl (C=O) groups excluding carboxylic acids is 1. The predicted octanol–water partition coefficient (Wildman–Crippen LogP) is 2.91. The van der Waals surface area contributed by atoms with Gasteiger partial charge in [-0.15, -0.1) is 0 Å². The molecule has 0 saturated carbocycles. The zero-order valence-corrected chi connectivity index (χ0v) is 20.8. The fourth-order valence-electron chi connectivity index (χ4n) is 5.26. The molecule has 0 radical (unpaired) electrons. The highest BCUT2D eigenvalue weighted by Crippen LogP contribution is 2.30. The number of aromatic nitrogens is 1. The van der Waals surface area contributed by atoms with Gasteiger partial charge in [-0.2, -0.15) is 0 Å². The van der Waals surface area contributed by atoms with E-state index >= 15 is 0 Å². The molecule has 0 aliphatic carbocycles. The lowest BCUT2D eigenvalue weighted by molar-refractivity contribution is -0.139. The third-order valence-corrected chi connectivity index (χ3v) is 7.41. The van der Waals surface area contributed by atoms with Crippen molar-refractivity contribution in [2.75, 3.05) is 69.7 Å². The number of benzene rings is 1. The number of carbonyl (C=O) groups is 2. The summed E-state index contributed by atoms with van der Waals surface area (Å²) >= 11 is 0. The highest BCUT2D eigenvalue weighted by Gasteiger charge is 2.33. The van der Waals surface area contributed by atoms with Crippen LogP contribution in [0, 0.1) is 11.8 Å². The molecule has 2 atom stereocenters. The summed E-state index contributed by atoms with van der Waals surface area (Å²) in [6.45, 7) is 5.98. The summed E-state index contributed by atoms with van der Waals surface area (Å²) < 4.78 is 0. The first-order valence-electron chi connectivity index (χ1n) is 12.6. The number of nitrogens with zero attached hydrogens (tertiary/aromatic N) is 5. The van der Waals surface area contributed by atoms with Crippen LogP contribution in [-0.2, 0) is 4.79 Å². The van der Waals surface area contributed by atoms with E-state index in [4.69, 9.17) is 0 Å². The molecule has 1 amide bonds. The van der Waals surface area contributed by atoms with Gasteiger partial charge in [-0.3, -0.25) is 14.5 Å². The fraction of sp³-hybridized carbons (Fsp3) is 0.519. The first-order chi connectivity index (χ1) is 16.9. The smallest absolute Gasteiger partial charge is 0.303 e. The predicted molar refractivity (Wildman–Crippen MR) is 138 cm³/mol. The third kappa shape index (κ3) is 6.51. The molecule has 1 aromatic carbocycles. The zero-order valence-electron chi connectivity index (χ0n) is 20.8. The average Bonchev–Trinajstić information content (AvgIpc) is 2.88. The van der Waals surface area contributed by atoms with E-state index in [1.807, 2.05) is 72.6 Å². The van der Waals surface area contributed by atoms with Gasteiger partial charge in [0, 0.05) is 77.2 Å². The van der Waals surface area contributed by atoms with E-state index in [1.54, 1.807) is 0 Å². The van der Waals surface area contributed by atoms with E-state index in [1.165, 1.54) is 0 Å².